The number of ketones is 1. The average molecular weight is 255 g/mol. The van der Waals surface area contributed by atoms with E-state index < -0.39 is 0 Å². The summed E-state index contributed by atoms with van der Waals surface area (Å²) in [5.41, 5.74) is 6.00. The van der Waals surface area contributed by atoms with Crippen LogP contribution in [0.4, 0.5) is 0 Å². The molecule has 0 unspecified atom stereocenters. The summed E-state index contributed by atoms with van der Waals surface area (Å²) in [7, 11) is 3.12. The highest BCUT2D eigenvalue weighted by atomic mass is 32.2. The summed E-state index contributed by atoms with van der Waals surface area (Å²) in [4.78, 5) is 11.8. The van der Waals surface area contributed by atoms with E-state index in [1.807, 2.05) is 0 Å². The number of Topliss-reactive ketones (excluding diaryl/α,β-unsaturated/α-hetero) is 1. The zero-order valence-corrected chi connectivity index (χ0v) is 10.9. The SMILES string of the molecule is COc1ccc(C(=O)CSCCN)cc1OC. The quantitative estimate of drug-likeness (QED) is 0.592. The molecule has 0 saturated heterocycles. The van der Waals surface area contributed by atoms with Crippen LogP contribution in [0.1, 0.15) is 10.4 Å². The monoisotopic (exact) mass is 255 g/mol. The van der Waals surface area contributed by atoms with Gasteiger partial charge in [0.25, 0.3) is 0 Å². The van der Waals surface area contributed by atoms with Crippen LogP contribution in [-0.2, 0) is 0 Å². The largest absolute Gasteiger partial charge is 0.493 e. The van der Waals surface area contributed by atoms with E-state index in [9.17, 15) is 4.79 Å². The lowest BCUT2D eigenvalue weighted by molar-refractivity contribution is 0.102. The molecule has 0 aliphatic rings. The van der Waals surface area contributed by atoms with Gasteiger partial charge in [0.05, 0.1) is 20.0 Å². The van der Waals surface area contributed by atoms with Gasteiger partial charge in [-0.15, -0.1) is 0 Å². The van der Waals surface area contributed by atoms with Gasteiger partial charge in [-0.05, 0) is 18.2 Å². The molecular weight excluding hydrogens is 238 g/mol. The number of thioether (sulfide) groups is 1. The Bertz CT molecular complexity index is 382. The minimum absolute atomic E-state index is 0.0735. The zero-order chi connectivity index (χ0) is 12.7. The molecule has 0 radical (unpaired) electrons. The van der Waals surface area contributed by atoms with Crippen molar-refractivity contribution in [3.05, 3.63) is 23.8 Å². The maximum Gasteiger partial charge on any atom is 0.172 e. The van der Waals surface area contributed by atoms with Crippen LogP contribution < -0.4 is 15.2 Å². The zero-order valence-electron chi connectivity index (χ0n) is 10.1. The third-order valence-corrected chi connectivity index (χ3v) is 3.19. The lowest BCUT2D eigenvalue weighted by Gasteiger charge is -2.08. The molecule has 94 valence electrons. The maximum atomic E-state index is 11.8. The van der Waals surface area contributed by atoms with Gasteiger partial charge in [0.2, 0.25) is 0 Å². The molecule has 1 aromatic carbocycles. The van der Waals surface area contributed by atoms with Gasteiger partial charge in [-0.2, -0.15) is 11.8 Å². The van der Waals surface area contributed by atoms with Crippen molar-refractivity contribution in [2.45, 2.75) is 0 Å². The van der Waals surface area contributed by atoms with E-state index in [0.717, 1.165) is 5.75 Å². The molecule has 0 aliphatic carbocycles. The Kier molecular flexibility index (Phi) is 5.86. The molecule has 17 heavy (non-hydrogen) atoms. The molecular formula is C12H17NO3S. The topological polar surface area (TPSA) is 61.5 Å². The van der Waals surface area contributed by atoms with Crippen molar-refractivity contribution in [3.63, 3.8) is 0 Å². The van der Waals surface area contributed by atoms with E-state index in [1.165, 1.54) is 11.8 Å². The van der Waals surface area contributed by atoms with Crippen molar-refractivity contribution in [2.75, 3.05) is 32.3 Å². The number of ether oxygens (including phenoxy) is 2. The van der Waals surface area contributed by atoms with Gasteiger partial charge in [-0.3, -0.25) is 4.79 Å². The van der Waals surface area contributed by atoms with Gasteiger partial charge in [0.15, 0.2) is 17.3 Å². The van der Waals surface area contributed by atoms with Crippen LogP contribution in [0.5, 0.6) is 11.5 Å². The highest BCUT2D eigenvalue weighted by Crippen LogP contribution is 2.27. The maximum absolute atomic E-state index is 11.8. The number of hydrogen-bond acceptors (Lipinski definition) is 5. The molecule has 2 N–H and O–H groups in total. The minimum Gasteiger partial charge on any atom is -0.493 e. The summed E-state index contributed by atoms with van der Waals surface area (Å²) >= 11 is 1.53. The summed E-state index contributed by atoms with van der Waals surface area (Å²) in [5, 5.41) is 0. The lowest BCUT2D eigenvalue weighted by atomic mass is 10.1. The number of benzene rings is 1. The van der Waals surface area contributed by atoms with Crippen LogP contribution in [0.3, 0.4) is 0 Å². The van der Waals surface area contributed by atoms with Crippen LogP contribution in [0.15, 0.2) is 18.2 Å². The molecule has 5 heteroatoms. The van der Waals surface area contributed by atoms with Crippen LogP contribution in [0.25, 0.3) is 0 Å². The Labute approximate surface area is 105 Å². The second kappa shape index (κ2) is 7.19. The van der Waals surface area contributed by atoms with Crippen LogP contribution in [-0.4, -0.2) is 38.1 Å². The molecule has 0 bridgehead atoms. The number of nitrogens with two attached hydrogens (primary N) is 1. The first-order valence-electron chi connectivity index (χ1n) is 5.26. The standard InChI is InChI=1S/C12H17NO3S/c1-15-11-4-3-9(7-12(11)16-2)10(14)8-17-6-5-13/h3-4,7H,5-6,8,13H2,1-2H3. The molecule has 4 nitrogen and oxygen atoms in total. The van der Waals surface area contributed by atoms with Gasteiger partial charge in [0.1, 0.15) is 0 Å². The summed E-state index contributed by atoms with van der Waals surface area (Å²) < 4.78 is 10.3. The van der Waals surface area contributed by atoms with Crippen LogP contribution >= 0.6 is 11.8 Å². The third-order valence-electron chi connectivity index (χ3n) is 2.20. The summed E-state index contributed by atoms with van der Waals surface area (Å²) in [6.07, 6.45) is 0. The van der Waals surface area contributed by atoms with Gasteiger partial charge in [-0.25, -0.2) is 0 Å². The molecule has 0 heterocycles. The molecule has 0 fully saturated rings. The highest BCUT2D eigenvalue weighted by Gasteiger charge is 2.10. The van der Waals surface area contributed by atoms with Crippen molar-refractivity contribution in [1.29, 1.82) is 0 Å². The fourth-order valence-electron chi connectivity index (χ4n) is 1.34. The molecule has 0 amide bonds. The Hall–Kier alpha value is -1.20. The van der Waals surface area contributed by atoms with Gasteiger partial charge >= 0.3 is 0 Å². The molecule has 0 aromatic heterocycles. The first kappa shape index (κ1) is 13.9. The lowest BCUT2D eigenvalue weighted by Crippen LogP contribution is -2.07. The second-order valence-corrected chi connectivity index (χ2v) is 4.44. The first-order chi connectivity index (χ1) is 8.22. The minimum atomic E-state index is 0.0735. The van der Waals surface area contributed by atoms with Crippen LogP contribution in [0, 0.1) is 0 Å². The first-order valence-corrected chi connectivity index (χ1v) is 6.41. The van der Waals surface area contributed by atoms with E-state index in [-0.39, 0.29) is 5.78 Å². The van der Waals surface area contributed by atoms with Crippen LogP contribution in [0.2, 0.25) is 0 Å². The predicted octanol–water partition coefficient (Wildman–Crippen LogP) is 1.58. The smallest absolute Gasteiger partial charge is 0.172 e. The fraction of sp³-hybridized carbons (Fsp3) is 0.417. The van der Waals surface area contributed by atoms with E-state index in [4.69, 9.17) is 15.2 Å². The van der Waals surface area contributed by atoms with Crippen molar-refractivity contribution < 1.29 is 14.3 Å². The summed E-state index contributed by atoms with van der Waals surface area (Å²) in [6, 6.07) is 5.18. The molecule has 1 rings (SSSR count). The Morgan fingerprint density at radius 2 is 2.00 bits per heavy atom. The fourth-order valence-corrected chi connectivity index (χ4v) is 2.00. The Morgan fingerprint density at radius 3 is 2.59 bits per heavy atom. The third kappa shape index (κ3) is 3.94. The van der Waals surface area contributed by atoms with E-state index in [2.05, 4.69) is 0 Å². The summed E-state index contributed by atoms with van der Waals surface area (Å²) in [6.45, 7) is 0.587. The molecule has 0 atom stereocenters. The van der Waals surface area contributed by atoms with Gasteiger partial charge in [-0.1, -0.05) is 0 Å². The normalized spacial score (nSPS) is 10.1. The average Bonchev–Trinajstić information content (AvgIpc) is 2.38. The molecule has 0 spiro atoms. The van der Waals surface area contributed by atoms with Gasteiger partial charge in [0, 0.05) is 17.9 Å². The molecule has 1 aromatic rings. The number of rotatable bonds is 7. The van der Waals surface area contributed by atoms with Crippen molar-refractivity contribution in [3.8, 4) is 11.5 Å². The van der Waals surface area contributed by atoms with Crippen molar-refractivity contribution in [1.82, 2.24) is 0 Å². The highest BCUT2D eigenvalue weighted by molar-refractivity contribution is 8.00. The summed E-state index contributed by atoms with van der Waals surface area (Å²) in [5.74, 6) is 2.50. The Morgan fingerprint density at radius 1 is 1.29 bits per heavy atom. The molecule has 0 saturated carbocycles. The van der Waals surface area contributed by atoms with Gasteiger partial charge < -0.3 is 15.2 Å². The number of hydrogen-bond donors (Lipinski definition) is 1. The van der Waals surface area contributed by atoms with Crippen molar-refractivity contribution >= 4 is 17.5 Å². The number of methoxy groups -OCH3 is 2. The number of carbonyl (C=O) groups is 1. The van der Waals surface area contributed by atoms with E-state index in [1.54, 1.807) is 32.4 Å². The molecule has 0 aliphatic heterocycles. The second-order valence-electron chi connectivity index (χ2n) is 3.33. The van der Waals surface area contributed by atoms with E-state index >= 15 is 0 Å². The predicted molar refractivity (Wildman–Crippen MR) is 70.3 cm³/mol. The van der Waals surface area contributed by atoms with Crippen molar-refractivity contribution in [2.24, 2.45) is 5.73 Å². The Balaban J connectivity index is 2.74. The number of carbonyl (C=O) groups excluding carboxylic acids is 1. The van der Waals surface area contributed by atoms with E-state index in [0.29, 0.717) is 29.4 Å².